The molecule has 0 saturated heterocycles. The molecule has 1 aromatic rings. The standard InChI is InChI=1S/C12H22N4/c1-16(2)11-5-3-4-10(8-11)15-9-12-13-6-7-14-12/h6-7,10-11,15H,3-5,8-9H2,1-2H3,(H,13,14). The van der Waals surface area contributed by atoms with Crippen LogP contribution in [0, 0.1) is 0 Å². The third-order valence-corrected chi connectivity index (χ3v) is 3.49. The molecular formula is C12H22N4. The minimum atomic E-state index is 0.645. The van der Waals surface area contributed by atoms with Crippen molar-refractivity contribution in [1.29, 1.82) is 0 Å². The van der Waals surface area contributed by atoms with E-state index < -0.39 is 0 Å². The summed E-state index contributed by atoms with van der Waals surface area (Å²) in [6.45, 7) is 0.859. The van der Waals surface area contributed by atoms with E-state index in [4.69, 9.17) is 0 Å². The zero-order chi connectivity index (χ0) is 11.4. The Morgan fingerprint density at radius 2 is 2.38 bits per heavy atom. The lowest BCUT2D eigenvalue weighted by Crippen LogP contribution is -2.41. The molecule has 1 aromatic heterocycles. The summed E-state index contributed by atoms with van der Waals surface area (Å²) in [5.41, 5.74) is 0. The van der Waals surface area contributed by atoms with Crippen molar-refractivity contribution in [1.82, 2.24) is 20.2 Å². The van der Waals surface area contributed by atoms with Gasteiger partial charge in [0.1, 0.15) is 5.82 Å². The molecule has 1 aliphatic rings. The minimum Gasteiger partial charge on any atom is -0.348 e. The molecule has 2 N–H and O–H groups in total. The molecule has 0 bridgehead atoms. The minimum absolute atomic E-state index is 0.645. The van der Waals surface area contributed by atoms with Gasteiger partial charge in [-0.05, 0) is 33.4 Å². The van der Waals surface area contributed by atoms with Crippen LogP contribution in [0.4, 0.5) is 0 Å². The number of rotatable bonds is 4. The average Bonchev–Trinajstić information content (AvgIpc) is 2.79. The second kappa shape index (κ2) is 5.46. The Balaban J connectivity index is 1.77. The number of hydrogen-bond donors (Lipinski definition) is 2. The van der Waals surface area contributed by atoms with Crippen LogP contribution in [-0.2, 0) is 6.54 Å². The van der Waals surface area contributed by atoms with Gasteiger partial charge in [0.15, 0.2) is 0 Å². The molecule has 0 spiro atoms. The monoisotopic (exact) mass is 222 g/mol. The molecule has 1 saturated carbocycles. The lowest BCUT2D eigenvalue weighted by atomic mass is 9.90. The predicted molar refractivity (Wildman–Crippen MR) is 65.2 cm³/mol. The first-order valence-electron chi connectivity index (χ1n) is 6.14. The number of imidazole rings is 1. The van der Waals surface area contributed by atoms with Gasteiger partial charge >= 0.3 is 0 Å². The summed E-state index contributed by atoms with van der Waals surface area (Å²) in [7, 11) is 4.36. The molecule has 1 fully saturated rings. The maximum absolute atomic E-state index is 4.23. The number of nitrogens with zero attached hydrogens (tertiary/aromatic N) is 2. The summed E-state index contributed by atoms with van der Waals surface area (Å²) < 4.78 is 0. The first kappa shape index (κ1) is 11.6. The highest BCUT2D eigenvalue weighted by atomic mass is 15.1. The summed E-state index contributed by atoms with van der Waals surface area (Å²) in [4.78, 5) is 9.70. The van der Waals surface area contributed by atoms with Crippen LogP contribution in [0.1, 0.15) is 31.5 Å². The van der Waals surface area contributed by atoms with E-state index >= 15 is 0 Å². The fourth-order valence-electron chi connectivity index (χ4n) is 2.45. The molecule has 2 atom stereocenters. The normalized spacial score (nSPS) is 26.2. The topological polar surface area (TPSA) is 44.0 Å². The zero-order valence-corrected chi connectivity index (χ0v) is 10.2. The first-order valence-corrected chi connectivity index (χ1v) is 6.14. The van der Waals surface area contributed by atoms with Crippen molar-refractivity contribution in [2.75, 3.05) is 14.1 Å². The molecule has 0 aliphatic heterocycles. The average molecular weight is 222 g/mol. The summed E-state index contributed by atoms with van der Waals surface area (Å²) >= 11 is 0. The van der Waals surface area contributed by atoms with E-state index in [9.17, 15) is 0 Å². The highest BCUT2D eigenvalue weighted by molar-refractivity contribution is 4.88. The Morgan fingerprint density at radius 1 is 1.50 bits per heavy atom. The van der Waals surface area contributed by atoms with Crippen LogP contribution in [-0.4, -0.2) is 41.0 Å². The van der Waals surface area contributed by atoms with E-state index in [1.807, 2.05) is 6.20 Å². The molecule has 4 heteroatoms. The highest BCUT2D eigenvalue weighted by Crippen LogP contribution is 2.21. The van der Waals surface area contributed by atoms with Crippen LogP contribution in [0.2, 0.25) is 0 Å². The van der Waals surface area contributed by atoms with E-state index in [0.29, 0.717) is 6.04 Å². The number of aromatic amines is 1. The van der Waals surface area contributed by atoms with Crippen LogP contribution in [0.15, 0.2) is 12.4 Å². The van der Waals surface area contributed by atoms with Crippen molar-refractivity contribution < 1.29 is 0 Å². The summed E-state index contributed by atoms with van der Waals surface area (Å²) in [5.74, 6) is 1.03. The molecule has 2 unspecified atom stereocenters. The van der Waals surface area contributed by atoms with E-state index in [0.717, 1.165) is 18.4 Å². The molecule has 2 rings (SSSR count). The van der Waals surface area contributed by atoms with E-state index in [-0.39, 0.29) is 0 Å². The van der Waals surface area contributed by atoms with Crippen LogP contribution in [0.25, 0.3) is 0 Å². The van der Waals surface area contributed by atoms with Gasteiger partial charge in [0.25, 0.3) is 0 Å². The molecule has 16 heavy (non-hydrogen) atoms. The van der Waals surface area contributed by atoms with Crippen molar-refractivity contribution in [3.63, 3.8) is 0 Å². The highest BCUT2D eigenvalue weighted by Gasteiger charge is 2.22. The van der Waals surface area contributed by atoms with Gasteiger partial charge in [-0.25, -0.2) is 4.98 Å². The zero-order valence-electron chi connectivity index (χ0n) is 10.2. The molecule has 1 aliphatic carbocycles. The lowest BCUT2D eigenvalue weighted by Gasteiger charge is -2.33. The van der Waals surface area contributed by atoms with Crippen molar-refractivity contribution >= 4 is 0 Å². The van der Waals surface area contributed by atoms with E-state index in [1.165, 1.54) is 25.7 Å². The Bertz CT molecular complexity index is 294. The largest absolute Gasteiger partial charge is 0.348 e. The molecule has 0 amide bonds. The number of H-pyrrole nitrogens is 1. The van der Waals surface area contributed by atoms with Crippen LogP contribution in [0.5, 0.6) is 0 Å². The van der Waals surface area contributed by atoms with E-state index in [1.54, 1.807) is 6.20 Å². The van der Waals surface area contributed by atoms with Gasteiger partial charge in [0, 0.05) is 24.5 Å². The van der Waals surface area contributed by atoms with Crippen molar-refractivity contribution in [3.05, 3.63) is 18.2 Å². The number of nitrogens with one attached hydrogen (secondary N) is 2. The molecule has 0 radical (unpaired) electrons. The second-order valence-corrected chi connectivity index (χ2v) is 4.90. The quantitative estimate of drug-likeness (QED) is 0.808. The Hall–Kier alpha value is -0.870. The van der Waals surface area contributed by atoms with Crippen LogP contribution < -0.4 is 5.32 Å². The smallest absolute Gasteiger partial charge is 0.120 e. The van der Waals surface area contributed by atoms with Gasteiger partial charge in [-0.15, -0.1) is 0 Å². The van der Waals surface area contributed by atoms with Gasteiger partial charge in [0.2, 0.25) is 0 Å². The first-order chi connectivity index (χ1) is 7.75. The number of hydrogen-bond acceptors (Lipinski definition) is 3. The number of aromatic nitrogens is 2. The van der Waals surface area contributed by atoms with Gasteiger partial charge < -0.3 is 15.2 Å². The van der Waals surface area contributed by atoms with Crippen LogP contribution >= 0.6 is 0 Å². The summed E-state index contributed by atoms with van der Waals surface area (Å²) in [6.07, 6.45) is 8.91. The molecule has 90 valence electrons. The molecular weight excluding hydrogens is 200 g/mol. The van der Waals surface area contributed by atoms with E-state index in [2.05, 4.69) is 34.3 Å². The fraction of sp³-hybridized carbons (Fsp3) is 0.750. The van der Waals surface area contributed by atoms with Crippen molar-refractivity contribution in [2.45, 2.75) is 44.3 Å². The maximum Gasteiger partial charge on any atom is 0.120 e. The Kier molecular flexibility index (Phi) is 3.96. The van der Waals surface area contributed by atoms with Gasteiger partial charge in [-0.1, -0.05) is 6.42 Å². The Morgan fingerprint density at radius 3 is 3.06 bits per heavy atom. The molecule has 0 aromatic carbocycles. The van der Waals surface area contributed by atoms with Gasteiger partial charge in [-0.3, -0.25) is 0 Å². The van der Waals surface area contributed by atoms with Crippen molar-refractivity contribution in [2.24, 2.45) is 0 Å². The molecule has 1 heterocycles. The fourth-order valence-corrected chi connectivity index (χ4v) is 2.45. The van der Waals surface area contributed by atoms with Gasteiger partial charge in [-0.2, -0.15) is 0 Å². The summed E-state index contributed by atoms with van der Waals surface area (Å²) in [6, 6.07) is 1.38. The maximum atomic E-state index is 4.23. The van der Waals surface area contributed by atoms with Crippen LogP contribution in [0.3, 0.4) is 0 Å². The predicted octanol–water partition coefficient (Wildman–Crippen LogP) is 1.37. The third kappa shape index (κ3) is 3.06. The SMILES string of the molecule is CN(C)C1CCCC(NCc2ncc[nH]2)C1. The second-order valence-electron chi connectivity index (χ2n) is 4.90. The van der Waals surface area contributed by atoms with Gasteiger partial charge in [0.05, 0.1) is 6.54 Å². The van der Waals surface area contributed by atoms with Crippen molar-refractivity contribution in [3.8, 4) is 0 Å². The third-order valence-electron chi connectivity index (χ3n) is 3.49. The molecule has 4 nitrogen and oxygen atoms in total. The Labute approximate surface area is 97.4 Å². The lowest BCUT2D eigenvalue weighted by molar-refractivity contribution is 0.197. The summed E-state index contributed by atoms with van der Waals surface area (Å²) in [5, 5.41) is 3.59.